The van der Waals surface area contributed by atoms with Crippen molar-refractivity contribution in [2.75, 3.05) is 25.3 Å². The molecule has 0 bridgehead atoms. The fourth-order valence-corrected chi connectivity index (χ4v) is 3.57. The van der Waals surface area contributed by atoms with Gasteiger partial charge in [-0.15, -0.1) is 0 Å². The van der Waals surface area contributed by atoms with Crippen molar-refractivity contribution in [2.24, 2.45) is 5.10 Å². The molecule has 2 aliphatic heterocycles. The van der Waals surface area contributed by atoms with Gasteiger partial charge >= 0.3 is 11.9 Å². The van der Waals surface area contributed by atoms with Gasteiger partial charge in [0.1, 0.15) is 11.3 Å². The number of anilines is 1. The number of methoxy groups -OCH3 is 1. The molecular weight excluding hydrogens is 402 g/mol. The highest BCUT2D eigenvalue weighted by Gasteiger charge is 2.43. The van der Waals surface area contributed by atoms with Gasteiger partial charge in [0.25, 0.3) is 5.91 Å². The zero-order valence-corrected chi connectivity index (χ0v) is 18.3. The van der Waals surface area contributed by atoms with Crippen LogP contribution in [0.4, 0.5) is 5.69 Å². The van der Waals surface area contributed by atoms with Gasteiger partial charge in [-0.05, 0) is 39.3 Å². The monoisotopic (exact) mass is 431 g/mol. The first-order valence-electron chi connectivity index (χ1n) is 10.2. The summed E-state index contributed by atoms with van der Waals surface area (Å²) in [6.07, 6.45) is 0.574. The molecule has 1 saturated heterocycles. The maximum atomic E-state index is 13.1. The number of nitrogens with zero attached hydrogens (tertiary/aromatic N) is 2. The summed E-state index contributed by atoms with van der Waals surface area (Å²) in [5.41, 5.74) is -0.657. The van der Waals surface area contributed by atoms with Crippen LogP contribution in [0.2, 0.25) is 0 Å². The second kappa shape index (κ2) is 9.05. The number of rotatable bonds is 6. The highest BCUT2D eigenvalue weighted by Crippen LogP contribution is 2.28. The van der Waals surface area contributed by atoms with E-state index in [2.05, 4.69) is 10.4 Å². The minimum absolute atomic E-state index is 0.000411. The third kappa shape index (κ3) is 5.61. The van der Waals surface area contributed by atoms with Crippen molar-refractivity contribution in [3.8, 4) is 0 Å². The molecule has 168 valence electrons. The SMILES string of the molecule is COC(=O)C[C@]1(NC(=O)C2=NN(c3ccccc3)[C@H](C(=O)OC(C)(C)C)C2)CCOC1. The maximum Gasteiger partial charge on any atom is 0.331 e. The number of amides is 1. The van der Waals surface area contributed by atoms with E-state index >= 15 is 0 Å². The summed E-state index contributed by atoms with van der Waals surface area (Å²) in [5.74, 6) is -1.34. The number of nitrogens with one attached hydrogen (secondary N) is 1. The molecule has 0 spiro atoms. The van der Waals surface area contributed by atoms with E-state index in [1.54, 1.807) is 20.8 Å². The molecule has 1 aromatic carbocycles. The first-order valence-corrected chi connectivity index (χ1v) is 10.2. The van der Waals surface area contributed by atoms with Crippen LogP contribution in [0.25, 0.3) is 0 Å². The fraction of sp³-hybridized carbons (Fsp3) is 0.545. The molecule has 2 heterocycles. The molecule has 1 fully saturated rings. The Hall–Kier alpha value is -2.94. The molecule has 0 radical (unpaired) electrons. The predicted molar refractivity (Wildman–Crippen MR) is 114 cm³/mol. The minimum atomic E-state index is -0.853. The lowest BCUT2D eigenvalue weighted by Crippen LogP contribution is -2.52. The van der Waals surface area contributed by atoms with Gasteiger partial charge in [0.05, 0.1) is 31.4 Å². The van der Waals surface area contributed by atoms with E-state index < -0.39 is 35.0 Å². The number of hydrazone groups is 1. The highest BCUT2D eigenvalue weighted by molar-refractivity contribution is 6.40. The summed E-state index contributed by atoms with van der Waals surface area (Å²) in [6.45, 7) is 6.01. The van der Waals surface area contributed by atoms with Gasteiger partial charge in [0, 0.05) is 13.0 Å². The first kappa shape index (κ1) is 22.7. The molecule has 0 aliphatic carbocycles. The zero-order valence-electron chi connectivity index (χ0n) is 18.3. The van der Waals surface area contributed by atoms with Crippen LogP contribution in [-0.4, -0.2) is 61.1 Å². The van der Waals surface area contributed by atoms with Crippen LogP contribution in [0.15, 0.2) is 35.4 Å². The lowest BCUT2D eigenvalue weighted by atomic mass is 9.93. The molecule has 2 aliphatic rings. The summed E-state index contributed by atoms with van der Waals surface area (Å²) < 4.78 is 15.8. The topological polar surface area (TPSA) is 107 Å². The van der Waals surface area contributed by atoms with Crippen molar-refractivity contribution >= 4 is 29.2 Å². The standard InChI is InChI=1S/C22H29N3O6/c1-21(2,3)31-20(28)17-12-16(24-25(17)15-8-6-5-7-9-15)19(27)23-22(10-11-30-14-22)13-18(26)29-4/h5-9,17H,10-14H2,1-4H3,(H,23,27)/t17-,22+/m0/s1. The third-order valence-electron chi connectivity index (χ3n) is 5.06. The lowest BCUT2D eigenvalue weighted by molar-refractivity contribution is -0.156. The quantitative estimate of drug-likeness (QED) is 0.685. The number of hydrogen-bond acceptors (Lipinski definition) is 8. The Labute approximate surface area is 181 Å². The highest BCUT2D eigenvalue weighted by atomic mass is 16.6. The minimum Gasteiger partial charge on any atom is -0.469 e. The van der Waals surface area contributed by atoms with Crippen molar-refractivity contribution < 1.29 is 28.6 Å². The van der Waals surface area contributed by atoms with Crippen LogP contribution in [0.1, 0.15) is 40.0 Å². The van der Waals surface area contributed by atoms with Crippen LogP contribution < -0.4 is 10.3 Å². The van der Waals surface area contributed by atoms with Gasteiger partial charge in [-0.25, -0.2) is 4.79 Å². The average molecular weight is 431 g/mol. The van der Waals surface area contributed by atoms with Crippen molar-refractivity contribution in [2.45, 2.75) is 57.2 Å². The smallest absolute Gasteiger partial charge is 0.331 e. The zero-order chi connectivity index (χ0) is 22.6. The normalized spacial score (nSPS) is 23.3. The fourth-order valence-electron chi connectivity index (χ4n) is 3.57. The molecule has 9 heteroatoms. The first-order chi connectivity index (χ1) is 14.6. The van der Waals surface area contributed by atoms with Gasteiger partial charge in [-0.3, -0.25) is 14.6 Å². The second-order valence-corrected chi connectivity index (χ2v) is 8.77. The Bertz CT molecular complexity index is 856. The number of carbonyl (C=O) groups is 3. The Kier molecular flexibility index (Phi) is 6.64. The molecule has 1 aromatic rings. The van der Waals surface area contributed by atoms with E-state index in [9.17, 15) is 14.4 Å². The van der Waals surface area contributed by atoms with E-state index in [0.717, 1.165) is 0 Å². The summed E-state index contributed by atoms with van der Waals surface area (Å²) in [4.78, 5) is 37.8. The number of carbonyl (C=O) groups excluding carboxylic acids is 3. The van der Waals surface area contributed by atoms with Crippen LogP contribution in [0.5, 0.6) is 0 Å². The summed E-state index contributed by atoms with van der Waals surface area (Å²) in [7, 11) is 1.30. The van der Waals surface area contributed by atoms with Crippen molar-refractivity contribution in [3.05, 3.63) is 30.3 Å². The van der Waals surface area contributed by atoms with Crippen LogP contribution in [-0.2, 0) is 28.6 Å². The van der Waals surface area contributed by atoms with Crippen LogP contribution in [0.3, 0.4) is 0 Å². The van der Waals surface area contributed by atoms with Crippen LogP contribution in [0, 0.1) is 0 Å². The van der Waals surface area contributed by atoms with Gasteiger partial charge in [-0.1, -0.05) is 18.2 Å². The van der Waals surface area contributed by atoms with Gasteiger partial charge in [0.2, 0.25) is 0 Å². The lowest BCUT2D eigenvalue weighted by Gasteiger charge is -2.27. The molecule has 2 atom stereocenters. The number of benzene rings is 1. The molecule has 9 nitrogen and oxygen atoms in total. The van der Waals surface area contributed by atoms with E-state index in [1.807, 2.05) is 30.3 Å². The van der Waals surface area contributed by atoms with Gasteiger partial charge in [0.15, 0.2) is 6.04 Å². The average Bonchev–Trinajstić information content (AvgIpc) is 3.35. The van der Waals surface area contributed by atoms with E-state index in [-0.39, 0.29) is 25.2 Å². The van der Waals surface area contributed by atoms with Crippen LogP contribution >= 0.6 is 0 Å². The third-order valence-corrected chi connectivity index (χ3v) is 5.06. The second-order valence-electron chi connectivity index (χ2n) is 8.77. The van der Waals surface area contributed by atoms with Crippen molar-refractivity contribution in [1.29, 1.82) is 0 Å². The Morgan fingerprint density at radius 2 is 1.97 bits per heavy atom. The number of hydrogen-bond donors (Lipinski definition) is 1. The Morgan fingerprint density at radius 1 is 1.26 bits per heavy atom. The number of ether oxygens (including phenoxy) is 3. The van der Waals surface area contributed by atoms with E-state index in [0.29, 0.717) is 18.7 Å². The van der Waals surface area contributed by atoms with E-state index in [4.69, 9.17) is 14.2 Å². The molecule has 0 aromatic heterocycles. The largest absolute Gasteiger partial charge is 0.469 e. The van der Waals surface area contributed by atoms with Gasteiger partial charge in [-0.2, -0.15) is 5.10 Å². The summed E-state index contributed by atoms with van der Waals surface area (Å²) >= 11 is 0. The molecule has 3 rings (SSSR count). The maximum absolute atomic E-state index is 13.1. The Balaban J connectivity index is 1.82. The molecule has 31 heavy (non-hydrogen) atoms. The Morgan fingerprint density at radius 3 is 2.55 bits per heavy atom. The molecule has 0 saturated carbocycles. The molecule has 1 N–H and O–H groups in total. The molecule has 0 unspecified atom stereocenters. The predicted octanol–water partition coefficient (Wildman–Crippen LogP) is 1.80. The number of esters is 2. The van der Waals surface area contributed by atoms with Crippen molar-refractivity contribution in [3.63, 3.8) is 0 Å². The van der Waals surface area contributed by atoms with Crippen molar-refractivity contribution in [1.82, 2.24) is 5.32 Å². The molecular formula is C22H29N3O6. The molecule has 1 amide bonds. The van der Waals surface area contributed by atoms with E-state index in [1.165, 1.54) is 12.1 Å². The summed E-state index contributed by atoms with van der Waals surface area (Å²) in [5, 5.41) is 8.86. The number of para-hydroxylation sites is 1. The summed E-state index contributed by atoms with van der Waals surface area (Å²) in [6, 6.07) is 8.37. The van der Waals surface area contributed by atoms with Gasteiger partial charge < -0.3 is 19.5 Å².